The first-order valence-corrected chi connectivity index (χ1v) is 9.48. The minimum atomic E-state index is -0.444. The van der Waals surface area contributed by atoms with E-state index in [1.165, 1.54) is 32.1 Å². The van der Waals surface area contributed by atoms with E-state index in [0.717, 1.165) is 56.4 Å². The monoisotopic (exact) mass is 307 g/mol. The molecule has 1 saturated heterocycles. The van der Waals surface area contributed by atoms with E-state index in [2.05, 4.69) is 0 Å². The number of hydrogen-bond donors (Lipinski definition) is 1. The summed E-state index contributed by atoms with van der Waals surface area (Å²) in [5.74, 6) is 2.91. The van der Waals surface area contributed by atoms with Gasteiger partial charge in [-0.15, -0.1) is 0 Å². The van der Waals surface area contributed by atoms with Crippen molar-refractivity contribution < 1.29 is 14.5 Å². The van der Waals surface area contributed by atoms with Crippen LogP contribution in [0.4, 0.5) is 0 Å². The van der Waals surface area contributed by atoms with Crippen molar-refractivity contribution in [2.75, 3.05) is 6.54 Å². The van der Waals surface area contributed by atoms with E-state index in [1.54, 1.807) is 0 Å². The maximum Gasteiger partial charge on any atom is 0.210 e. The normalized spacial score (nSPS) is 56.3. The van der Waals surface area contributed by atoms with Gasteiger partial charge >= 0.3 is 0 Å². The average molecular weight is 307 g/mol. The van der Waals surface area contributed by atoms with Crippen LogP contribution in [0.1, 0.15) is 64.2 Å². The summed E-state index contributed by atoms with van der Waals surface area (Å²) < 4.78 is 6.71. The molecule has 6 aliphatic rings. The predicted molar refractivity (Wildman–Crippen MR) is 81.4 cm³/mol. The highest BCUT2D eigenvalue weighted by molar-refractivity contribution is 5.05. The van der Waals surface area contributed by atoms with E-state index < -0.39 is 11.6 Å². The van der Waals surface area contributed by atoms with Crippen molar-refractivity contribution in [1.82, 2.24) is 0 Å². The van der Waals surface area contributed by atoms with Crippen molar-refractivity contribution >= 4 is 0 Å². The second-order valence-electron chi connectivity index (χ2n) is 8.73. The van der Waals surface area contributed by atoms with Gasteiger partial charge in [0, 0.05) is 24.7 Å². The molecule has 5 aliphatic carbocycles. The number of nitrogens with two attached hydrogens (primary N) is 1. The maximum absolute atomic E-state index is 6.71. The largest absolute Gasteiger partial charge is 0.330 e. The second kappa shape index (κ2) is 4.92. The van der Waals surface area contributed by atoms with Gasteiger partial charge in [0.2, 0.25) is 11.6 Å². The third-order valence-corrected chi connectivity index (χ3v) is 7.39. The highest BCUT2D eigenvalue weighted by atomic mass is 17.3. The molecule has 0 atom stereocenters. The van der Waals surface area contributed by atoms with Gasteiger partial charge in [-0.3, -0.25) is 0 Å². The minimum absolute atomic E-state index is 0.395. The van der Waals surface area contributed by atoms with Crippen LogP contribution in [0.5, 0.6) is 0 Å². The lowest BCUT2D eigenvalue weighted by Gasteiger charge is -2.57. The van der Waals surface area contributed by atoms with Crippen LogP contribution < -0.4 is 5.73 Å². The van der Waals surface area contributed by atoms with Crippen molar-refractivity contribution in [2.24, 2.45) is 35.3 Å². The summed E-state index contributed by atoms with van der Waals surface area (Å²) in [6, 6.07) is 0. The lowest BCUT2D eigenvalue weighted by atomic mass is 9.53. The summed E-state index contributed by atoms with van der Waals surface area (Å²) in [5.41, 5.74) is 5.71. The molecule has 0 amide bonds. The van der Waals surface area contributed by atoms with E-state index in [1.807, 2.05) is 0 Å². The van der Waals surface area contributed by atoms with Crippen molar-refractivity contribution in [2.45, 2.75) is 75.8 Å². The predicted octanol–water partition coefficient (Wildman–Crippen LogP) is 3.35. The highest BCUT2D eigenvalue weighted by Crippen LogP contribution is 2.63. The summed E-state index contributed by atoms with van der Waals surface area (Å²) >= 11 is 0. The molecule has 0 unspecified atom stereocenters. The smallest absolute Gasteiger partial charge is 0.210 e. The summed E-state index contributed by atoms with van der Waals surface area (Å²) in [4.78, 5) is 12.0. The van der Waals surface area contributed by atoms with Gasteiger partial charge in [-0.25, -0.2) is 0 Å². The second-order valence-corrected chi connectivity index (χ2v) is 8.73. The number of rotatable bonds is 2. The molecule has 22 heavy (non-hydrogen) atoms. The van der Waals surface area contributed by atoms with Crippen LogP contribution in [-0.2, 0) is 14.5 Å². The van der Waals surface area contributed by atoms with Crippen LogP contribution in [0.3, 0.4) is 0 Å². The fourth-order valence-corrected chi connectivity index (χ4v) is 6.44. The van der Waals surface area contributed by atoms with Crippen molar-refractivity contribution in [1.29, 1.82) is 0 Å². The average Bonchev–Trinajstić information content (AvgIpc) is 2.88. The van der Waals surface area contributed by atoms with Gasteiger partial charge < -0.3 is 10.5 Å². The molecular weight excluding hydrogens is 278 g/mol. The van der Waals surface area contributed by atoms with Gasteiger partial charge in [0.1, 0.15) is 0 Å². The zero-order chi connectivity index (χ0) is 14.8. The molecule has 4 bridgehead atoms. The van der Waals surface area contributed by atoms with Crippen LogP contribution in [0, 0.1) is 29.6 Å². The molecule has 124 valence electrons. The third kappa shape index (κ3) is 1.97. The van der Waals surface area contributed by atoms with E-state index in [9.17, 15) is 0 Å². The Kier molecular flexibility index (Phi) is 3.18. The van der Waals surface area contributed by atoms with Gasteiger partial charge in [0.15, 0.2) is 0 Å². The Morgan fingerprint density at radius 1 is 0.864 bits per heavy atom. The van der Waals surface area contributed by atoms with Crippen LogP contribution in [0.2, 0.25) is 0 Å². The summed E-state index contributed by atoms with van der Waals surface area (Å²) in [5, 5.41) is 0. The fourth-order valence-electron chi connectivity index (χ4n) is 6.44. The van der Waals surface area contributed by atoms with Gasteiger partial charge in [-0.1, -0.05) is 0 Å². The zero-order valence-corrected chi connectivity index (χ0v) is 13.5. The van der Waals surface area contributed by atoms with E-state index in [-0.39, 0.29) is 0 Å². The molecule has 0 aromatic rings. The van der Waals surface area contributed by atoms with Gasteiger partial charge in [-0.2, -0.15) is 9.78 Å². The van der Waals surface area contributed by atoms with Crippen molar-refractivity contribution in [3.8, 4) is 0 Å². The van der Waals surface area contributed by atoms with E-state index in [4.69, 9.17) is 20.2 Å². The first-order valence-electron chi connectivity index (χ1n) is 9.48. The SMILES string of the molecule is NCCC1CCC2(CC1)OOC1(O2)C2CC3CC(C2)CC1C3. The van der Waals surface area contributed by atoms with Crippen LogP contribution in [-0.4, -0.2) is 18.1 Å². The Hall–Kier alpha value is -0.160. The maximum atomic E-state index is 6.71. The molecule has 5 saturated carbocycles. The van der Waals surface area contributed by atoms with E-state index in [0.29, 0.717) is 11.8 Å². The standard InChI is InChI=1S/C18H29NO3/c19-6-3-12-1-4-17(5-2-12)20-18(22-21-17)15-8-13-7-14(10-15)11-16(18)9-13/h12-16H,1-11,19H2. The first-order chi connectivity index (χ1) is 10.7. The fraction of sp³-hybridized carbons (Fsp3) is 1.00. The highest BCUT2D eigenvalue weighted by Gasteiger charge is 2.66. The molecule has 2 spiro atoms. The molecule has 1 heterocycles. The van der Waals surface area contributed by atoms with Gasteiger partial charge in [0.25, 0.3) is 0 Å². The Morgan fingerprint density at radius 3 is 2.09 bits per heavy atom. The zero-order valence-electron chi connectivity index (χ0n) is 13.5. The van der Waals surface area contributed by atoms with Crippen molar-refractivity contribution in [3.05, 3.63) is 0 Å². The van der Waals surface area contributed by atoms with E-state index >= 15 is 0 Å². The van der Waals surface area contributed by atoms with Gasteiger partial charge in [0.05, 0.1) is 0 Å². The lowest BCUT2D eigenvalue weighted by Crippen LogP contribution is -2.59. The van der Waals surface area contributed by atoms with Crippen LogP contribution in [0.15, 0.2) is 0 Å². The molecule has 6 rings (SSSR count). The van der Waals surface area contributed by atoms with Crippen LogP contribution >= 0.6 is 0 Å². The van der Waals surface area contributed by atoms with Crippen LogP contribution in [0.25, 0.3) is 0 Å². The molecule has 0 aromatic carbocycles. The molecule has 6 fully saturated rings. The lowest BCUT2D eigenvalue weighted by molar-refractivity contribution is -0.390. The van der Waals surface area contributed by atoms with Crippen molar-refractivity contribution in [3.63, 3.8) is 0 Å². The molecule has 2 N–H and O–H groups in total. The molecule has 0 aromatic heterocycles. The minimum Gasteiger partial charge on any atom is -0.330 e. The summed E-state index contributed by atoms with van der Waals surface area (Å²) in [7, 11) is 0. The number of ether oxygens (including phenoxy) is 1. The molecule has 0 radical (unpaired) electrons. The first kappa shape index (κ1) is 14.2. The number of hydrogen-bond acceptors (Lipinski definition) is 4. The Bertz CT molecular complexity index is 416. The van der Waals surface area contributed by atoms with Gasteiger partial charge in [-0.05, 0) is 75.7 Å². The topological polar surface area (TPSA) is 53.7 Å². The molecular formula is C18H29NO3. The Balaban J connectivity index is 1.33. The summed E-state index contributed by atoms with van der Waals surface area (Å²) in [6.07, 6.45) is 12.0. The quantitative estimate of drug-likeness (QED) is 0.795. The molecule has 4 nitrogen and oxygen atoms in total. The Labute approximate surface area is 133 Å². The molecule has 1 aliphatic heterocycles. The molecule has 4 heteroatoms. The summed E-state index contributed by atoms with van der Waals surface area (Å²) in [6.45, 7) is 0.798. The third-order valence-electron chi connectivity index (χ3n) is 7.39. The Morgan fingerprint density at radius 2 is 1.50 bits per heavy atom.